The molecule has 4 heteroatoms. The van der Waals surface area contributed by atoms with Crippen molar-refractivity contribution in [3.63, 3.8) is 0 Å². The van der Waals surface area contributed by atoms with Crippen LogP contribution in [0.5, 0.6) is 0 Å². The van der Waals surface area contributed by atoms with Crippen molar-refractivity contribution in [2.24, 2.45) is 0 Å². The van der Waals surface area contributed by atoms with E-state index in [1.54, 1.807) is 16.9 Å². The first kappa shape index (κ1) is 11.3. The molecule has 0 fully saturated rings. The highest BCUT2D eigenvalue weighted by molar-refractivity contribution is 5.98. The van der Waals surface area contributed by atoms with Gasteiger partial charge in [0.25, 0.3) is 0 Å². The molecule has 0 saturated heterocycles. The van der Waals surface area contributed by atoms with Gasteiger partial charge < -0.3 is 0 Å². The SMILES string of the molecule is O=C1CC(c2ccccc2)Cc2nc3ccnn3cc21. The summed E-state index contributed by atoms with van der Waals surface area (Å²) in [7, 11) is 0. The summed E-state index contributed by atoms with van der Waals surface area (Å²) in [5.41, 5.74) is 3.61. The molecule has 2 heterocycles. The minimum absolute atomic E-state index is 0.157. The molecule has 98 valence electrons. The van der Waals surface area contributed by atoms with E-state index in [1.807, 2.05) is 24.3 Å². The molecule has 0 amide bonds. The van der Waals surface area contributed by atoms with E-state index in [1.165, 1.54) is 5.56 Å². The fourth-order valence-electron chi connectivity index (χ4n) is 2.88. The Kier molecular flexibility index (Phi) is 2.42. The van der Waals surface area contributed by atoms with Crippen molar-refractivity contribution in [3.8, 4) is 0 Å². The third-order valence-corrected chi connectivity index (χ3v) is 3.90. The van der Waals surface area contributed by atoms with E-state index in [0.29, 0.717) is 12.0 Å². The van der Waals surface area contributed by atoms with Crippen molar-refractivity contribution in [1.29, 1.82) is 0 Å². The first-order valence-corrected chi connectivity index (χ1v) is 6.72. The quantitative estimate of drug-likeness (QED) is 0.678. The molecule has 1 aromatic carbocycles. The number of hydrogen-bond acceptors (Lipinski definition) is 3. The van der Waals surface area contributed by atoms with Crippen LogP contribution in [0.3, 0.4) is 0 Å². The zero-order valence-corrected chi connectivity index (χ0v) is 10.9. The van der Waals surface area contributed by atoms with Crippen LogP contribution in [0.15, 0.2) is 48.8 Å². The first-order chi connectivity index (χ1) is 9.81. The number of fused-ring (bicyclic) bond motifs is 2. The maximum atomic E-state index is 12.4. The van der Waals surface area contributed by atoms with Crippen molar-refractivity contribution < 1.29 is 4.79 Å². The minimum Gasteiger partial charge on any atom is -0.294 e. The predicted octanol–water partition coefficient (Wildman–Crippen LogP) is 2.64. The lowest BCUT2D eigenvalue weighted by Gasteiger charge is -2.23. The van der Waals surface area contributed by atoms with Gasteiger partial charge in [0, 0.05) is 18.7 Å². The molecule has 0 N–H and O–H groups in total. The molecule has 1 atom stereocenters. The fourth-order valence-corrected chi connectivity index (χ4v) is 2.88. The lowest BCUT2D eigenvalue weighted by atomic mass is 9.82. The summed E-state index contributed by atoms with van der Waals surface area (Å²) in [6.07, 6.45) is 4.87. The Balaban J connectivity index is 1.80. The van der Waals surface area contributed by atoms with E-state index >= 15 is 0 Å². The van der Waals surface area contributed by atoms with E-state index < -0.39 is 0 Å². The van der Waals surface area contributed by atoms with Gasteiger partial charge in [0.1, 0.15) is 0 Å². The highest BCUT2D eigenvalue weighted by atomic mass is 16.1. The summed E-state index contributed by atoms with van der Waals surface area (Å²) in [4.78, 5) is 16.9. The topological polar surface area (TPSA) is 47.3 Å². The minimum atomic E-state index is 0.157. The molecule has 4 nitrogen and oxygen atoms in total. The summed E-state index contributed by atoms with van der Waals surface area (Å²) in [5, 5.41) is 4.14. The van der Waals surface area contributed by atoms with Gasteiger partial charge in [0.05, 0.1) is 17.5 Å². The van der Waals surface area contributed by atoms with Gasteiger partial charge in [-0.25, -0.2) is 9.50 Å². The van der Waals surface area contributed by atoms with E-state index in [9.17, 15) is 4.79 Å². The smallest absolute Gasteiger partial charge is 0.166 e. The number of Topliss-reactive ketones (excluding diaryl/α,β-unsaturated/α-hetero) is 1. The number of ketones is 1. The molecule has 1 aliphatic rings. The van der Waals surface area contributed by atoms with Gasteiger partial charge in [-0.05, 0) is 17.9 Å². The van der Waals surface area contributed by atoms with E-state index in [0.717, 1.165) is 17.8 Å². The van der Waals surface area contributed by atoms with Crippen molar-refractivity contribution >= 4 is 11.4 Å². The Labute approximate surface area is 116 Å². The summed E-state index contributed by atoms with van der Waals surface area (Å²) in [6.45, 7) is 0. The van der Waals surface area contributed by atoms with Crippen molar-refractivity contribution in [2.75, 3.05) is 0 Å². The maximum absolute atomic E-state index is 12.4. The van der Waals surface area contributed by atoms with E-state index in [-0.39, 0.29) is 11.7 Å². The number of hydrogen-bond donors (Lipinski definition) is 0. The third-order valence-electron chi connectivity index (χ3n) is 3.90. The van der Waals surface area contributed by atoms with Crippen molar-refractivity contribution in [2.45, 2.75) is 18.8 Å². The summed E-state index contributed by atoms with van der Waals surface area (Å²) in [5.74, 6) is 0.388. The zero-order chi connectivity index (χ0) is 13.5. The van der Waals surface area contributed by atoms with Crippen LogP contribution in [0.1, 0.15) is 34.0 Å². The second-order valence-electron chi connectivity index (χ2n) is 5.17. The van der Waals surface area contributed by atoms with Crippen LogP contribution in [0, 0.1) is 0 Å². The molecule has 1 unspecified atom stereocenters. The summed E-state index contributed by atoms with van der Waals surface area (Å²) < 4.78 is 1.67. The van der Waals surface area contributed by atoms with Crippen molar-refractivity contribution in [1.82, 2.24) is 14.6 Å². The highest BCUT2D eigenvalue weighted by Gasteiger charge is 2.27. The molecule has 0 spiro atoms. The Morgan fingerprint density at radius 2 is 1.95 bits per heavy atom. The van der Waals surface area contributed by atoms with E-state index in [4.69, 9.17) is 0 Å². The third kappa shape index (κ3) is 1.72. The van der Waals surface area contributed by atoms with Gasteiger partial charge in [-0.2, -0.15) is 5.10 Å². The molecule has 0 bridgehead atoms. The molecule has 2 aromatic heterocycles. The van der Waals surface area contributed by atoms with Gasteiger partial charge in [0.2, 0.25) is 0 Å². The normalized spacial score (nSPS) is 18.2. The monoisotopic (exact) mass is 263 g/mol. The van der Waals surface area contributed by atoms with Crippen LogP contribution in [-0.4, -0.2) is 20.4 Å². The standard InChI is InChI=1S/C16H13N3O/c20-15-9-12(11-4-2-1-3-5-11)8-14-13(15)10-19-16(18-14)6-7-17-19/h1-7,10,12H,8-9H2. The van der Waals surface area contributed by atoms with Crippen LogP contribution in [0.25, 0.3) is 5.65 Å². The summed E-state index contributed by atoms with van der Waals surface area (Å²) in [6, 6.07) is 12.1. The van der Waals surface area contributed by atoms with Gasteiger partial charge >= 0.3 is 0 Å². The largest absolute Gasteiger partial charge is 0.294 e. The molecule has 0 radical (unpaired) electrons. The molecule has 4 rings (SSSR count). The molecular weight excluding hydrogens is 250 g/mol. The number of rotatable bonds is 1. The molecular formula is C16H13N3O. The number of nitrogens with zero attached hydrogens (tertiary/aromatic N) is 3. The molecule has 1 aliphatic carbocycles. The van der Waals surface area contributed by atoms with Crippen LogP contribution in [0.4, 0.5) is 0 Å². The van der Waals surface area contributed by atoms with Crippen LogP contribution in [0.2, 0.25) is 0 Å². The second kappa shape index (κ2) is 4.27. The van der Waals surface area contributed by atoms with Gasteiger partial charge in [0.15, 0.2) is 11.4 Å². The molecule has 0 aliphatic heterocycles. The van der Waals surface area contributed by atoms with Crippen LogP contribution >= 0.6 is 0 Å². The average Bonchev–Trinajstić information content (AvgIpc) is 2.93. The average molecular weight is 263 g/mol. The number of benzene rings is 1. The zero-order valence-electron chi connectivity index (χ0n) is 10.9. The number of carbonyl (C=O) groups is 1. The van der Waals surface area contributed by atoms with Gasteiger partial charge in [-0.15, -0.1) is 0 Å². The summed E-state index contributed by atoms with van der Waals surface area (Å²) >= 11 is 0. The van der Waals surface area contributed by atoms with Crippen molar-refractivity contribution in [3.05, 3.63) is 65.6 Å². The predicted molar refractivity (Wildman–Crippen MR) is 74.8 cm³/mol. The van der Waals surface area contributed by atoms with Crippen LogP contribution in [-0.2, 0) is 6.42 Å². The van der Waals surface area contributed by atoms with Gasteiger partial charge in [-0.3, -0.25) is 4.79 Å². The lowest BCUT2D eigenvalue weighted by molar-refractivity contribution is 0.0962. The Bertz CT molecular complexity index is 792. The second-order valence-corrected chi connectivity index (χ2v) is 5.17. The molecule has 0 saturated carbocycles. The lowest BCUT2D eigenvalue weighted by Crippen LogP contribution is -2.21. The maximum Gasteiger partial charge on any atom is 0.166 e. The number of aromatic nitrogens is 3. The Hall–Kier alpha value is -2.49. The first-order valence-electron chi connectivity index (χ1n) is 6.72. The van der Waals surface area contributed by atoms with Gasteiger partial charge in [-0.1, -0.05) is 30.3 Å². The van der Waals surface area contributed by atoms with E-state index in [2.05, 4.69) is 22.2 Å². The molecule has 20 heavy (non-hydrogen) atoms. The fraction of sp³-hybridized carbons (Fsp3) is 0.188. The molecule has 3 aromatic rings. The Morgan fingerprint density at radius 3 is 2.80 bits per heavy atom. The number of carbonyl (C=O) groups excluding carboxylic acids is 1. The van der Waals surface area contributed by atoms with Crippen LogP contribution < -0.4 is 0 Å². The highest BCUT2D eigenvalue weighted by Crippen LogP contribution is 2.31. The Morgan fingerprint density at radius 1 is 1.10 bits per heavy atom.